The summed E-state index contributed by atoms with van der Waals surface area (Å²) in [6, 6.07) is 15.1. The Bertz CT molecular complexity index is 1620. The zero-order valence-electron chi connectivity index (χ0n) is 20.2. The molecule has 0 fully saturated rings. The molecule has 0 saturated heterocycles. The maximum atomic E-state index is 13.2. The van der Waals surface area contributed by atoms with Gasteiger partial charge in [0.1, 0.15) is 0 Å². The third kappa shape index (κ3) is 6.18. The molecule has 1 N–H and O–H groups in total. The maximum absolute atomic E-state index is 13.2. The van der Waals surface area contributed by atoms with Gasteiger partial charge in [-0.2, -0.15) is 13.2 Å². The third-order valence-corrected chi connectivity index (χ3v) is 7.75. The van der Waals surface area contributed by atoms with Crippen LogP contribution in [0.15, 0.2) is 76.6 Å². The van der Waals surface area contributed by atoms with Crippen LogP contribution in [0.2, 0.25) is 5.02 Å². The molecule has 3 aromatic heterocycles. The van der Waals surface area contributed by atoms with Crippen LogP contribution < -0.4 is 5.32 Å². The Morgan fingerprint density at radius 2 is 1.97 bits per heavy atom. The summed E-state index contributed by atoms with van der Waals surface area (Å²) >= 11 is 8.10. The summed E-state index contributed by atoms with van der Waals surface area (Å²) in [5.41, 5.74) is 1.41. The number of thioether (sulfide) groups is 1. The lowest BCUT2D eigenvalue weighted by molar-refractivity contribution is -0.137. The summed E-state index contributed by atoms with van der Waals surface area (Å²) in [6.07, 6.45) is -1.24. The van der Waals surface area contributed by atoms with E-state index in [9.17, 15) is 18.0 Å². The second-order valence-corrected chi connectivity index (χ2v) is 10.8. The molecule has 13 heteroatoms. The zero-order valence-corrected chi connectivity index (χ0v) is 22.6. The number of amides is 1. The highest BCUT2D eigenvalue weighted by Crippen LogP contribution is 2.36. The topological polar surface area (TPSA) is 85.8 Å². The maximum Gasteiger partial charge on any atom is 0.417 e. The fraction of sp³-hybridized carbons (Fsp3) is 0.154. The molecule has 0 unspecified atom stereocenters. The van der Waals surface area contributed by atoms with Crippen molar-refractivity contribution in [3.8, 4) is 17.3 Å². The lowest BCUT2D eigenvalue weighted by Gasteiger charge is -2.11. The minimum Gasteiger partial charge on any atom is -0.461 e. The molecule has 0 spiro atoms. The van der Waals surface area contributed by atoms with Crippen LogP contribution in [-0.4, -0.2) is 31.4 Å². The van der Waals surface area contributed by atoms with Crippen molar-refractivity contribution in [2.45, 2.75) is 24.7 Å². The Morgan fingerprint density at radius 1 is 1.15 bits per heavy atom. The number of rotatable bonds is 8. The summed E-state index contributed by atoms with van der Waals surface area (Å²) in [5.74, 6) is 0.770. The van der Waals surface area contributed by atoms with Crippen molar-refractivity contribution in [1.29, 1.82) is 0 Å². The highest BCUT2D eigenvalue weighted by Gasteiger charge is 2.33. The van der Waals surface area contributed by atoms with Gasteiger partial charge in [-0.3, -0.25) is 9.36 Å². The molecule has 0 bridgehead atoms. The second kappa shape index (κ2) is 11.2. The average molecular weight is 590 g/mol. The van der Waals surface area contributed by atoms with Gasteiger partial charge in [-0.05, 0) is 48.4 Å². The molecule has 0 radical (unpaired) electrons. The molecular weight excluding hydrogens is 571 g/mol. The number of carbonyl (C=O) groups is 1. The fourth-order valence-electron chi connectivity index (χ4n) is 3.79. The fourth-order valence-corrected chi connectivity index (χ4v) is 5.63. The van der Waals surface area contributed by atoms with E-state index in [2.05, 4.69) is 20.5 Å². The van der Waals surface area contributed by atoms with Crippen LogP contribution in [0.1, 0.15) is 21.6 Å². The van der Waals surface area contributed by atoms with Crippen LogP contribution in [0, 0.1) is 6.92 Å². The predicted octanol–water partition coefficient (Wildman–Crippen LogP) is 7.29. The number of aryl methyl sites for hydroxylation is 1. The van der Waals surface area contributed by atoms with Crippen molar-refractivity contribution in [2.24, 2.45) is 0 Å². The van der Waals surface area contributed by atoms with E-state index in [0.29, 0.717) is 32.3 Å². The van der Waals surface area contributed by atoms with E-state index in [1.807, 2.05) is 35.8 Å². The van der Waals surface area contributed by atoms with Gasteiger partial charge in [-0.15, -0.1) is 21.5 Å². The highest BCUT2D eigenvalue weighted by atomic mass is 35.5. The van der Waals surface area contributed by atoms with E-state index in [1.165, 1.54) is 41.4 Å². The Balaban J connectivity index is 1.27. The Labute approximate surface area is 234 Å². The number of nitrogens with zero attached hydrogens (tertiary/aromatic N) is 4. The van der Waals surface area contributed by atoms with Gasteiger partial charge in [0.25, 0.3) is 0 Å². The molecule has 0 saturated carbocycles. The first-order valence-corrected chi connectivity index (χ1v) is 13.7. The molecule has 3 heterocycles. The van der Waals surface area contributed by atoms with Crippen LogP contribution in [0.25, 0.3) is 17.3 Å². The zero-order chi connectivity index (χ0) is 27.6. The van der Waals surface area contributed by atoms with Crippen molar-refractivity contribution in [3.05, 3.63) is 93.6 Å². The Hall–Kier alpha value is -3.61. The number of hydrogen-bond donors (Lipinski definition) is 1. The van der Waals surface area contributed by atoms with E-state index in [4.69, 9.17) is 16.0 Å². The van der Waals surface area contributed by atoms with Gasteiger partial charge in [0.15, 0.2) is 16.0 Å². The molecule has 2 aromatic carbocycles. The molecular formula is C26H19ClF3N5O2S2. The number of para-hydroxylation sites is 1. The highest BCUT2D eigenvalue weighted by molar-refractivity contribution is 7.99. The number of thiazole rings is 1. The molecule has 0 aliphatic rings. The summed E-state index contributed by atoms with van der Waals surface area (Å²) < 4.78 is 46.9. The van der Waals surface area contributed by atoms with Crippen LogP contribution in [0.5, 0.6) is 0 Å². The molecule has 39 heavy (non-hydrogen) atoms. The van der Waals surface area contributed by atoms with Gasteiger partial charge in [0.2, 0.25) is 11.7 Å². The number of carbonyl (C=O) groups excluding carboxylic acids is 1. The number of halogens is 4. The van der Waals surface area contributed by atoms with Gasteiger partial charge in [0, 0.05) is 17.5 Å². The first-order chi connectivity index (χ1) is 18.7. The molecule has 7 nitrogen and oxygen atoms in total. The monoisotopic (exact) mass is 589 g/mol. The standard InChI is InChI=1S/C26H19ClF3N5O2S2/c1-15-5-2-3-6-20(15)35-23(21-7-4-10-37-21)33-34-25(35)38-14-22(36)32-24-31-13-17(39-24)11-16-8-9-19(27)18(12-16)26(28,29)30/h2-10,12-13H,11,14H2,1H3,(H,31,32,36). The minimum absolute atomic E-state index is 0.0310. The number of anilines is 1. The Kier molecular flexibility index (Phi) is 7.78. The summed E-state index contributed by atoms with van der Waals surface area (Å²) in [6.45, 7) is 1.97. The minimum atomic E-state index is -4.54. The number of hydrogen-bond acceptors (Lipinski definition) is 7. The quantitative estimate of drug-likeness (QED) is 0.191. The van der Waals surface area contributed by atoms with E-state index < -0.39 is 11.7 Å². The number of aromatic nitrogens is 4. The second-order valence-electron chi connectivity index (χ2n) is 8.36. The van der Waals surface area contributed by atoms with E-state index >= 15 is 0 Å². The van der Waals surface area contributed by atoms with Gasteiger partial charge >= 0.3 is 6.18 Å². The van der Waals surface area contributed by atoms with E-state index in [-0.39, 0.29) is 23.1 Å². The van der Waals surface area contributed by atoms with Crippen LogP contribution in [0.3, 0.4) is 0 Å². The number of benzene rings is 2. The van der Waals surface area contributed by atoms with E-state index in [1.54, 1.807) is 18.4 Å². The summed E-state index contributed by atoms with van der Waals surface area (Å²) in [7, 11) is 0. The number of nitrogens with one attached hydrogen (secondary N) is 1. The summed E-state index contributed by atoms with van der Waals surface area (Å²) in [5, 5.41) is 11.8. The predicted molar refractivity (Wildman–Crippen MR) is 145 cm³/mol. The number of furan rings is 1. The largest absolute Gasteiger partial charge is 0.461 e. The SMILES string of the molecule is Cc1ccccc1-n1c(SCC(=O)Nc2ncc(Cc3ccc(Cl)c(C(F)(F)F)c3)s2)nnc1-c1ccco1. The Morgan fingerprint density at radius 3 is 2.72 bits per heavy atom. The van der Waals surface area contributed by atoms with Crippen LogP contribution in [0.4, 0.5) is 18.3 Å². The van der Waals surface area contributed by atoms with Crippen molar-refractivity contribution >= 4 is 45.7 Å². The van der Waals surface area contributed by atoms with Crippen LogP contribution >= 0.6 is 34.7 Å². The smallest absolute Gasteiger partial charge is 0.417 e. The lowest BCUT2D eigenvalue weighted by atomic mass is 10.1. The van der Waals surface area contributed by atoms with Crippen molar-refractivity contribution < 1.29 is 22.4 Å². The first kappa shape index (κ1) is 27.0. The molecule has 5 aromatic rings. The van der Waals surface area contributed by atoms with Gasteiger partial charge < -0.3 is 9.73 Å². The third-order valence-electron chi connectivity index (χ3n) is 5.58. The van der Waals surface area contributed by atoms with Gasteiger partial charge in [-0.25, -0.2) is 4.98 Å². The lowest BCUT2D eigenvalue weighted by Crippen LogP contribution is -2.14. The first-order valence-electron chi connectivity index (χ1n) is 11.5. The molecule has 1 amide bonds. The van der Waals surface area contributed by atoms with Crippen LogP contribution in [-0.2, 0) is 17.4 Å². The van der Waals surface area contributed by atoms with Gasteiger partial charge in [-0.1, -0.05) is 47.6 Å². The van der Waals surface area contributed by atoms with Crippen molar-refractivity contribution in [3.63, 3.8) is 0 Å². The molecule has 0 atom stereocenters. The molecule has 200 valence electrons. The molecule has 0 aliphatic heterocycles. The number of alkyl halides is 3. The summed E-state index contributed by atoms with van der Waals surface area (Å²) in [4.78, 5) is 17.6. The van der Waals surface area contributed by atoms with Gasteiger partial charge in [0.05, 0.1) is 28.3 Å². The van der Waals surface area contributed by atoms with E-state index in [0.717, 1.165) is 17.3 Å². The normalized spacial score (nSPS) is 11.6. The molecule has 5 rings (SSSR count). The van der Waals surface area contributed by atoms with Crippen molar-refractivity contribution in [2.75, 3.05) is 11.1 Å². The average Bonchev–Trinajstić information content (AvgIpc) is 3.65. The molecule has 0 aliphatic carbocycles. The van der Waals surface area contributed by atoms with Crippen molar-refractivity contribution in [1.82, 2.24) is 19.7 Å².